The zero-order chi connectivity index (χ0) is 14.7. The van der Waals surface area contributed by atoms with Crippen molar-refractivity contribution in [1.82, 2.24) is 0 Å². The van der Waals surface area contributed by atoms with Crippen molar-refractivity contribution in [2.45, 2.75) is 19.4 Å². The van der Waals surface area contributed by atoms with E-state index in [1.54, 1.807) is 25.3 Å². The van der Waals surface area contributed by atoms with Crippen LogP contribution in [-0.2, 0) is 6.42 Å². The van der Waals surface area contributed by atoms with E-state index in [1.165, 1.54) is 0 Å². The Morgan fingerprint density at radius 1 is 1.15 bits per heavy atom. The fourth-order valence-electron chi connectivity index (χ4n) is 2.14. The van der Waals surface area contributed by atoms with Gasteiger partial charge in [-0.25, -0.2) is 0 Å². The lowest BCUT2D eigenvalue weighted by Crippen LogP contribution is -2.05. The Hall–Kier alpha value is -1.22. The van der Waals surface area contributed by atoms with Crippen molar-refractivity contribution in [2.75, 3.05) is 7.11 Å². The van der Waals surface area contributed by atoms with E-state index in [4.69, 9.17) is 27.9 Å². The van der Waals surface area contributed by atoms with E-state index in [2.05, 4.69) is 0 Å². The molecule has 0 aliphatic rings. The Labute approximate surface area is 128 Å². The molecule has 1 N–H and O–H groups in total. The van der Waals surface area contributed by atoms with Crippen LogP contribution in [0.2, 0.25) is 10.0 Å². The second kappa shape index (κ2) is 6.49. The number of ether oxygens (including phenoxy) is 1. The van der Waals surface area contributed by atoms with Gasteiger partial charge in [0.05, 0.1) is 13.2 Å². The van der Waals surface area contributed by atoms with Gasteiger partial charge < -0.3 is 9.84 Å². The van der Waals surface area contributed by atoms with Crippen molar-refractivity contribution in [1.29, 1.82) is 0 Å². The molecular formula is C16H16Cl2O2. The predicted molar refractivity (Wildman–Crippen MR) is 82.9 cm³/mol. The summed E-state index contributed by atoms with van der Waals surface area (Å²) in [5.74, 6) is 0.659. The predicted octanol–water partition coefficient (Wildman–Crippen LogP) is 4.59. The molecule has 1 unspecified atom stereocenters. The van der Waals surface area contributed by atoms with Gasteiger partial charge in [-0.1, -0.05) is 40.9 Å². The number of aliphatic hydroxyl groups excluding tert-OH is 1. The first-order valence-corrected chi connectivity index (χ1v) is 7.04. The molecule has 1 atom stereocenters. The Bertz CT molecular complexity index is 591. The second-order valence-electron chi connectivity index (χ2n) is 4.67. The first-order chi connectivity index (χ1) is 9.52. The molecule has 2 aromatic rings. The summed E-state index contributed by atoms with van der Waals surface area (Å²) in [5, 5.41) is 11.6. The highest BCUT2D eigenvalue weighted by Gasteiger charge is 2.17. The Kier molecular flexibility index (Phi) is 4.92. The van der Waals surface area contributed by atoms with Crippen LogP contribution in [0.4, 0.5) is 0 Å². The number of rotatable bonds is 4. The highest BCUT2D eigenvalue weighted by molar-refractivity contribution is 6.36. The standard InChI is InChI=1S/C16H16Cl2O2/c1-10-6-7-16(20-2)12(8-10)15(19)9-11-13(17)4-3-5-14(11)18/h3-8,15,19H,9H2,1-2H3. The Morgan fingerprint density at radius 2 is 1.80 bits per heavy atom. The molecule has 0 radical (unpaired) electrons. The molecule has 0 heterocycles. The van der Waals surface area contributed by atoms with E-state index in [1.807, 2.05) is 25.1 Å². The summed E-state index contributed by atoms with van der Waals surface area (Å²) in [6.07, 6.45) is -0.375. The van der Waals surface area contributed by atoms with Crippen LogP contribution in [0, 0.1) is 6.92 Å². The third-order valence-corrected chi connectivity index (χ3v) is 3.91. The van der Waals surface area contributed by atoms with E-state index < -0.39 is 6.10 Å². The largest absolute Gasteiger partial charge is 0.496 e. The molecule has 0 fully saturated rings. The highest BCUT2D eigenvalue weighted by atomic mass is 35.5. The van der Waals surface area contributed by atoms with E-state index in [9.17, 15) is 5.11 Å². The maximum atomic E-state index is 10.5. The van der Waals surface area contributed by atoms with Gasteiger partial charge in [0.25, 0.3) is 0 Å². The monoisotopic (exact) mass is 310 g/mol. The number of benzene rings is 2. The minimum Gasteiger partial charge on any atom is -0.496 e. The molecular weight excluding hydrogens is 295 g/mol. The van der Waals surface area contributed by atoms with Gasteiger partial charge >= 0.3 is 0 Å². The molecule has 0 spiro atoms. The summed E-state index contributed by atoms with van der Waals surface area (Å²) in [4.78, 5) is 0. The van der Waals surface area contributed by atoms with Crippen molar-refractivity contribution >= 4 is 23.2 Å². The number of aryl methyl sites for hydroxylation is 1. The molecule has 0 aromatic heterocycles. The average Bonchev–Trinajstić information content (AvgIpc) is 2.43. The number of hydrogen-bond donors (Lipinski definition) is 1. The molecule has 2 rings (SSSR count). The minimum absolute atomic E-state index is 0.346. The quantitative estimate of drug-likeness (QED) is 0.895. The number of halogens is 2. The van der Waals surface area contributed by atoms with Gasteiger partial charge in [0.2, 0.25) is 0 Å². The summed E-state index contributed by atoms with van der Waals surface area (Å²) in [6, 6.07) is 11.0. The molecule has 2 nitrogen and oxygen atoms in total. The van der Waals surface area contributed by atoms with Crippen molar-refractivity contribution in [2.24, 2.45) is 0 Å². The van der Waals surface area contributed by atoms with Crippen LogP contribution in [-0.4, -0.2) is 12.2 Å². The lowest BCUT2D eigenvalue weighted by Gasteiger charge is -2.17. The van der Waals surface area contributed by atoms with Gasteiger partial charge in [-0.2, -0.15) is 0 Å². The topological polar surface area (TPSA) is 29.5 Å². The molecule has 0 aliphatic carbocycles. The van der Waals surface area contributed by atoms with Crippen LogP contribution in [0.1, 0.15) is 22.8 Å². The fourth-order valence-corrected chi connectivity index (χ4v) is 2.70. The summed E-state index contributed by atoms with van der Waals surface area (Å²) < 4.78 is 5.29. The number of aliphatic hydroxyl groups is 1. The zero-order valence-corrected chi connectivity index (χ0v) is 12.9. The Morgan fingerprint density at radius 3 is 2.40 bits per heavy atom. The van der Waals surface area contributed by atoms with E-state index >= 15 is 0 Å². The first kappa shape index (κ1) is 15.2. The van der Waals surface area contributed by atoms with Crippen LogP contribution in [0.3, 0.4) is 0 Å². The average molecular weight is 311 g/mol. The van der Waals surface area contributed by atoms with Crippen molar-refractivity contribution in [3.8, 4) is 5.75 Å². The molecule has 0 amide bonds. The lowest BCUT2D eigenvalue weighted by molar-refractivity contribution is 0.174. The van der Waals surface area contributed by atoms with Gasteiger partial charge in [-0.15, -0.1) is 0 Å². The lowest BCUT2D eigenvalue weighted by atomic mass is 9.99. The molecule has 106 valence electrons. The summed E-state index contributed by atoms with van der Waals surface area (Å²) in [7, 11) is 1.59. The summed E-state index contributed by atoms with van der Waals surface area (Å²) in [6.45, 7) is 1.97. The van der Waals surface area contributed by atoms with E-state index in [0.29, 0.717) is 22.2 Å². The molecule has 2 aromatic carbocycles. The van der Waals surface area contributed by atoms with Crippen LogP contribution >= 0.6 is 23.2 Å². The molecule has 20 heavy (non-hydrogen) atoms. The smallest absolute Gasteiger partial charge is 0.124 e. The molecule has 0 saturated heterocycles. The van der Waals surface area contributed by atoms with Crippen molar-refractivity contribution < 1.29 is 9.84 Å². The molecule has 0 bridgehead atoms. The van der Waals surface area contributed by atoms with Crippen LogP contribution in [0.25, 0.3) is 0 Å². The van der Waals surface area contributed by atoms with E-state index in [0.717, 1.165) is 16.7 Å². The van der Waals surface area contributed by atoms with E-state index in [-0.39, 0.29) is 0 Å². The molecule has 0 aliphatic heterocycles. The fraction of sp³-hybridized carbons (Fsp3) is 0.250. The van der Waals surface area contributed by atoms with Gasteiger partial charge in [0, 0.05) is 22.0 Å². The minimum atomic E-state index is -0.720. The normalized spacial score (nSPS) is 12.2. The van der Waals surface area contributed by atoms with Crippen LogP contribution < -0.4 is 4.74 Å². The number of methoxy groups -OCH3 is 1. The van der Waals surface area contributed by atoms with Crippen molar-refractivity contribution in [3.63, 3.8) is 0 Å². The summed E-state index contributed by atoms with van der Waals surface area (Å²) in [5.41, 5.74) is 2.54. The molecule has 4 heteroatoms. The molecule has 0 saturated carbocycles. The third-order valence-electron chi connectivity index (χ3n) is 3.20. The third kappa shape index (κ3) is 3.26. The first-order valence-electron chi connectivity index (χ1n) is 6.28. The number of hydrogen-bond acceptors (Lipinski definition) is 2. The van der Waals surface area contributed by atoms with Gasteiger partial charge in [-0.05, 0) is 36.8 Å². The SMILES string of the molecule is COc1ccc(C)cc1C(O)Cc1c(Cl)cccc1Cl. The maximum Gasteiger partial charge on any atom is 0.124 e. The zero-order valence-electron chi connectivity index (χ0n) is 11.4. The van der Waals surface area contributed by atoms with Gasteiger partial charge in [0.1, 0.15) is 5.75 Å². The highest BCUT2D eigenvalue weighted by Crippen LogP contribution is 2.33. The van der Waals surface area contributed by atoms with Crippen LogP contribution in [0.5, 0.6) is 5.75 Å². The van der Waals surface area contributed by atoms with Gasteiger partial charge in [-0.3, -0.25) is 0 Å². The van der Waals surface area contributed by atoms with Gasteiger partial charge in [0.15, 0.2) is 0 Å². The van der Waals surface area contributed by atoms with Crippen LogP contribution in [0.15, 0.2) is 36.4 Å². The van der Waals surface area contributed by atoms with Crippen molar-refractivity contribution in [3.05, 3.63) is 63.1 Å². The second-order valence-corrected chi connectivity index (χ2v) is 5.48. The summed E-state index contributed by atoms with van der Waals surface area (Å²) >= 11 is 12.3. The maximum absolute atomic E-state index is 10.5. The Balaban J connectivity index is 2.33.